The quantitative estimate of drug-likeness (QED) is 0.535. The fourth-order valence-corrected chi connectivity index (χ4v) is 4.60. The molecule has 0 saturated heterocycles. The molecular weight excluding hydrogens is 430 g/mol. The summed E-state index contributed by atoms with van der Waals surface area (Å²) in [5.74, 6) is 1.78. The van der Waals surface area contributed by atoms with E-state index in [9.17, 15) is 4.21 Å². The Balaban J connectivity index is 0.000000205. The molecule has 1 heterocycles. The maximum atomic E-state index is 10.9. The van der Waals surface area contributed by atoms with E-state index >= 15 is 0 Å². The van der Waals surface area contributed by atoms with Crippen LogP contribution in [0.5, 0.6) is 0 Å². The lowest BCUT2D eigenvalue weighted by Gasteiger charge is -2.25. The summed E-state index contributed by atoms with van der Waals surface area (Å²) >= 11 is 0. The van der Waals surface area contributed by atoms with E-state index in [2.05, 4.69) is 43.9 Å². The number of furan rings is 1. The third-order valence-electron chi connectivity index (χ3n) is 5.74. The molecular formula is C27H35N3O2S. The van der Waals surface area contributed by atoms with Crippen molar-refractivity contribution in [3.05, 3.63) is 88.8 Å². The van der Waals surface area contributed by atoms with Crippen LogP contribution in [-0.2, 0) is 24.0 Å². The van der Waals surface area contributed by atoms with Crippen molar-refractivity contribution in [2.24, 2.45) is 10.9 Å². The summed E-state index contributed by atoms with van der Waals surface area (Å²) in [6, 6.07) is 16.0. The first-order chi connectivity index (χ1) is 15.7. The monoisotopic (exact) mass is 465 g/mol. The lowest BCUT2D eigenvalue weighted by molar-refractivity contribution is 0.402. The molecule has 1 aromatic heterocycles. The van der Waals surface area contributed by atoms with Crippen molar-refractivity contribution in [2.75, 3.05) is 14.1 Å². The summed E-state index contributed by atoms with van der Waals surface area (Å²) in [6.07, 6.45) is 4.76. The predicted molar refractivity (Wildman–Crippen MR) is 137 cm³/mol. The molecule has 2 aromatic carbocycles. The van der Waals surface area contributed by atoms with Crippen molar-refractivity contribution in [1.29, 1.82) is 0 Å². The van der Waals surface area contributed by atoms with Crippen LogP contribution in [-0.4, -0.2) is 23.2 Å². The first kappa shape index (κ1) is 25.0. The second-order valence-corrected chi connectivity index (χ2v) is 10.2. The van der Waals surface area contributed by atoms with Gasteiger partial charge in [-0.05, 0) is 78.7 Å². The maximum absolute atomic E-state index is 10.9. The minimum atomic E-state index is -1.36. The van der Waals surface area contributed by atoms with Gasteiger partial charge >= 0.3 is 0 Å². The van der Waals surface area contributed by atoms with Crippen LogP contribution >= 0.6 is 0 Å². The lowest BCUT2D eigenvalue weighted by Crippen LogP contribution is -2.15. The Morgan fingerprint density at radius 1 is 1.15 bits per heavy atom. The molecule has 176 valence electrons. The van der Waals surface area contributed by atoms with Gasteiger partial charge in [0.1, 0.15) is 16.7 Å². The van der Waals surface area contributed by atoms with Crippen molar-refractivity contribution in [3.8, 4) is 11.3 Å². The van der Waals surface area contributed by atoms with E-state index in [4.69, 9.17) is 15.3 Å². The fourth-order valence-electron chi connectivity index (χ4n) is 4.20. The number of nitrogens with zero attached hydrogens (tertiary/aromatic N) is 1. The summed E-state index contributed by atoms with van der Waals surface area (Å²) in [4.78, 5) is 2.75. The minimum Gasteiger partial charge on any atom is -0.464 e. The SMILES string of the molecule is CC(C)c1cc(-c2ccco2)cc2c1CC(N)=CC2C.CN(C)Cc1ccc(S(N)=O)cc1. The Morgan fingerprint density at radius 2 is 1.85 bits per heavy atom. The Labute approximate surface area is 200 Å². The number of nitrogens with two attached hydrogens (primary N) is 2. The zero-order valence-electron chi connectivity index (χ0n) is 20.2. The molecule has 0 amide bonds. The number of fused-ring (bicyclic) bond motifs is 1. The average molecular weight is 466 g/mol. The van der Waals surface area contributed by atoms with Gasteiger partial charge in [0.25, 0.3) is 0 Å². The van der Waals surface area contributed by atoms with E-state index in [1.807, 2.05) is 38.4 Å². The van der Waals surface area contributed by atoms with Crippen LogP contribution in [0, 0.1) is 0 Å². The first-order valence-electron chi connectivity index (χ1n) is 11.2. The van der Waals surface area contributed by atoms with Gasteiger partial charge in [0.05, 0.1) is 11.2 Å². The fraction of sp³-hybridized carbons (Fsp3) is 0.333. The van der Waals surface area contributed by atoms with Gasteiger partial charge < -0.3 is 15.1 Å². The van der Waals surface area contributed by atoms with Crippen molar-refractivity contribution >= 4 is 11.0 Å². The van der Waals surface area contributed by atoms with Gasteiger partial charge in [-0.3, -0.25) is 0 Å². The highest BCUT2D eigenvalue weighted by Gasteiger charge is 2.21. The van der Waals surface area contributed by atoms with E-state index in [0.717, 1.165) is 30.0 Å². The van der Waals surface area contributed by atoms with Gasteiger partial charge in [-0.25, -0.2) is 9.35 Å². The number of benzene rings is 2. The Kier molecular flexibility index (Phi) is 8.30. The third kappa shape index (κ3) is 6.44. The van der Waals surface area contributed by atoms with E-state index in [0.29, 0.717) is 16.7 Å². The lowest BCUT2D eigenvalue weighted by atomic mass is 9.80. The third-order valence-corrected chi connectivity index (χ3v) is 6.47. The maximum Gasteiger partial charge on any atom is 0.133 e. The Hall–Kier alpha value is -2.67. The van der Waals surface area contributed by atoms with Crippen LogP contribution in [0.3, 0.4) is 0 Å². The van der Waals surface area contributed by atoms with E-state index in [-0.39, 0.29) is 0 Å². The summed E-state index contributed by atoms with van der Waals surface area (Å²) in [5, 5.41) is 5.23. The van der Waals surface area contributed by atoms with E-state index in [1.54, 1.807) is 18.4 Å². The van der Waals surface area contributed by atoms with Crippen LogP contribution in [0.4, 0.5) is 0 Å². The average Bonchev–Trinajstić information content (AvgIpc) is 3.28. The topological polar surface area (TPSA) is 85.5 Å². The molecule has 0 aliphatic heterocycles. The predicted octanol–water partition coefficient (Wildman–Crippen LogP) is 5.30. The van der Waals surface area contributed by atoms with Crippen LogP contribution in [0.25, 0.3) is 11.3 Å². The number of hydrogen-bond acceptors (Lipinski definition) is 4. The standard InChI is InChI=1S/C18H21NO.C9H14N2OS/c1-11(2)15-8-13(18-5-4-6-20-18)9-16-12(3)7-14(19)10-17(15)16;1-11(2)7-8-3-5-9(6-4-8)13(10)12/h4-9,11-12H,10,19H2,1-3H3;3-6H,7,10H2,1-2H3. The van der Waals surface area contributed by atoms with Gasteiger partial charge in [0, 0.05) is 30.1 Å². The molecule has 0 fully saturated rings. The zero-order valence-corrected chi connectivity index (χ0v) is 21.0. The first-order valence-corrected chi connectivity index (χ1v) is 12.4. The molecule has 4 rings (SSSR count). The highest BCUT2D eigenvalue weighted by molar-refractivity contribution is 7.82. The highest BCUT2D eigenvalue weighted by Crippen LogP contribution is 2.37. The summed E-state index contributed by atoms with van der Waals surface area (Å²) < 4.78 is 16.4. The number of rotatable bonds is 5. The molecule has 4 N–H and O–H groups in total. The molecule has 0 saturated carbocycles. The van der Waals surface area contributed by atoms with Gasteiger partial charge in [-0.15, -0.1) is 0 Å². The van der Waals surface area contributed by atoms with Crippen LogP contribution in [0.1, 0.15) is 54.9 Å². The van der Waals surface area contributed by atoms with Gasteiger partial charge in [-0.2, -0.15) is 0 Å². The molecule has 1 aliphatic carbocycles. The number of allylic oxidation sites excluding steroid dienone is 2. The Morgan fingerprint density at radius 3 is 2.39 bits per heavy atom. The van der Waals surface area contributed by atoms with Gasteiger partial charge in [0.2, 0.25) is 0 Å². The molecule has 5 nitrogen and oxygen atoms in total. The molecule has 0 spiro atoms. The van der Waals surface area contributed by atoms with E-state index in [1.165, 1.54) is 22.3 Å². The normalized spacial score (nSPS) is 16.1. The van der Waals surface area contributed by atoms with Crippen LogP contribution in [0.2, 0.25) is 0 Å². The highest BCUT2D eigenvalue weighted by atomic mass is 32.2. The second-order valence-electron chi connectivity index (χ2n) is 9.15. The summed E-state index contributed by atoms with van der Waals surface area (Å²) in [6.45, 7) is 7.57. The molecule has 2 unspecified atom stereocenters. The summed E-state index contributed by atoms with van der Waals surface area (Å²) in [7, 11) is 2.65. The summed E-state index contributed by atoms with van der Waals surface area (Å²) in [5.41, 5.74) is 13.6. The van der Waals surface area contributed by atoms with Crippen LogP contribution < -0.4 is 10.9 Å². The van der Waals surface area contributed by atoms with Crippen molar-refractivity contribution < 1.29 is 8.63 Å². The molecule has 1 aliphatic rings. The van der Waals surface area contributed by atoms with Crippen molar-refractivity contribution in [1.82, 2.24) is 4.90 Å². The van der Waals surface area contributed by atoms with Crippen molar-refractivity contribution in [2.45, 2.75) is 50.5 Å². The van der Waals surface area contributed by atoms with Crippen LogP contribution in [0.15, 0.2) is 75.9 Å². The molecule has 6 heteroatoms. The molecule has 33 heavy (non-hydrogen) atoms. The smallest absolute Gasteiger partial charge is 0.133 e. The molecule has 2 atom stereocenters. The Bertz CT molecular complexity index is 1120. The largest absolute Gasteiger partial charge is 0.464 e. The molecule has 0 radical (unpaired) electrons. The minimum absolute atomic E-state index is 0.367. The molecule has 3 aromatic rings. The zero-order chi connectivity index (χ0) is 24.1. The number of hydrogen-bond donors (Lipinski definition) is 2. The van der Waals surface area contributed by atoms with Gasteiger partial charge in [0.15, 0.2) is 0 Å². The second kappa shape index (κ2) is 11.0. The van der Waals surface area contributed by atoms with Crippen molar-refractivity contribution in [3.63, 3.8) is 0 Å². The van der Waals surface area contributed by atoms with Gasteiger partial charge in [-0.1, -0.05) is 39.0 Å². The molecule has 0 bridgehead atoms. The van der Waals surface area contributed by atoms with E-state index < -0.39 is 11.0 Å².